The van der Waals surface area contributed by atoms with E-state index in [2.05, 4.69) is 27.7 Å². The normalized spacial score (nSPS) is 14.8. The summed E-state index contributed by atoms with van der Waals surface area (Å²) in [5.74, 6) is -0.309. The summed E-state index contributed by atoms with van der Waals surface area (Å²) >= 11 is 0. The number of nitrogens with one attached hydrogen (secondary N) is 2. The van der Waals surface area contributed by atoms with Crippen LogP contribution in [0.15, 0.2) is 48.5 Å². The Balaban J connectivity index is 1.47. The molecule has 0 bridgehead atoms. The summed E-state index contributed by atoms with van der Waals surface area (Å²) in [4.78, 5) is 27.0. The van der Waals surface area contributed by atoms with E-state index in [4.69, 9.17) is 9.47 Å². The lowest BCUT2D eigenvalue weighted by Crippen LogP contribution is -2.47. The molecule has 3 rings (SSSR count). The molecule has 1 heterocycles. The van der Waals surface area contributed by atoms with E-state index in [0.29, 0.717) is 17.2 Å². The van der Waals surface area contributed by atoms with Gasteiger partial charge in [0.05, 0.1) is 19.9 Å². The SMILES string of the molecule is COc1ccc(NC(=O)C(=O)NC2CCN(Cc3ccccc3)CC2)c(OC)c1. The van der Waals surface area contributed by atoms with Crippen molar-refractivity contribution < 1.29 is 19.1 Å². The van der Waals surface area contributed by atoms with Crippen LogP contribution >= 0.6 is 0 Å². The summed E-state index contributed by atoms with van der Waals surface area (Å²) in [5, 5.41) is 5.44. The first-order chi connectivity index (χ1) is 14.1. The van der Waals surface area contributed by atoms with Gasteiger partial charge in [0.15, 0.2) is 0 Å². The lowest BCUT2D eigenvalue weighted by Gasteiger charge is -2.32. The van der Waals surface area contributed by atoms with Crippen molar-refractivity contribution in [1.82, 2.24) is 10.2 Å². The zero-order valence-corrected chi connectivity index (χ0v) is 16.8. The molecule has 29 heavy (non-hydrogen) atoms. The van der Waals surface area contributed by atoms with Gasteiger partial charge in [-0.3, -0.25) is 14.5 Å². The molecule has 7 nitrogen and oxygen atoms in total. The molecule has 1 saturated heterocycles. The van der Waals surface area contributed by atoms with Crippen molar-refractivity contribution in [3.8, 4) is 11.5 Å². The fourth-order valence-corrected chi connectivity index (χ4v) is 3.41. The molecular weight excluding hydrogens is 370 g/mol. The molecule has 2 N–H and O–H groups in total. The highest BCUT2D eigenvalue weighted by molar-refractivity contribution is 6.39. The van der Waals surface area contributed by atoms with Crippen LogP contribution in [0, 0.1) is 0 Å². The van der Waals surface area contributed by atoms with Crippen molar-refractivity contribution in [1.29, 1.82) is 0 Å². The van der Waals surface area contributed by atoms with Gasteiger partial charge in [0.2, 0.25) is 0 Å². The highest BCUT2D eigenvalue weighted by atomic mass is 16.5. The maximum atomic E-state index is 12.3. The zero-order chi connectivity index (χ0) is 20.6. The minimum absolute atomic E-state index is 0.00182. The Bertz CT molecular complexity index is 833. The molecule has 0 spiro atoms. The van der Waals surface area contributed by atoms with Crippen LogP contribution in [-0.4, -0.2) is 50.1 Å². The average Bonchev–Trinajstić information content (AvgIpc) is 2.76. The molecule has 7 heteroatoms. The second-order valence-corrected chi connectivity index (χ2v) is 7.03. The predicted octanol–water partition coefficient (Wildman–Crippen LogP) is 2.42. The maximum Gasteiger partial charge on any atom is 0.313 e. The molecule has 0 unspecified atom stereocenters. The maximum absolute atomic E-state index is 12.3. The van der Waals surface area contributed by atoms with Gasteiger partial charge in [0, 0.05) is 31.7 Å². The van der Waals surface area contributed by atoms with E-state index >= 15 is 0 Å². The number of methoxy groups -OCH3 is 2. The first-order valence-corrected chi connectivity index (χ1v) is 9.69. The number of ether oxygens (including phenoxy) is 2. The molecule has 0 aromatic heterocycles. The minimum atomic E-state index is -0.708. The van der Waals surface area contributed by atoms with Gasteiger partial charge in [-0.25, -0.2) is 0 Å². The van der Waals surface area contributed by atoms with Crippen LogP contribution in [-0.2, 0) is 16.1 Å². The van der Waals surface area contributed by atoms with Crippen LogP contribution in [0.1, 0.15) is 18.4 Å². The summed E-state index contributed by atoms with van der Waals surface area (Å²) in [7, 11) is 3.04. The molecule has 2 aromatic rings. The Labute approximate surface area is 171 Å². The molecule has 154 valence electrons. The van der Waals surface area contributed by atoms with Crippen LogP contribution in [0.5, 0.6) is 11.5 Å². The number of nitrogens with zero attached hydrogens (tertiary/aromatic N) is 1. The van der Waals surface area contributed by atoms with Crippen molar-refractivity contribution in [2.24, 2.45) is 0 Å². The number of anilines is 1. The zero-order valence-electron chi connectivity index (χ0n) is 16.8. The first-order valence-electron chi connectivity index (χ1n) is 9.69. The van der Waals surface area contributed by atoms with Gasteiger partial charge < -0.3 is 20.1 Å². The number of hydrogen-bond donors (Lipinski definition) is 2. The van der Waals surface area contributed by atoms with E-state index < -0.39 is 11.8 Å². The number of piperidine rings is 1. The molecule has 0 atom stereocenters. The van der Waals surface area contributed by atoms with E-state index in [0.717, 1.165) is 32.5 Å². The monoisotopic (exact) mass is 397 g/mol. The van der Waals surface area contributed by atoms with Crippen molar-refractivity contribution in [2.45, 2.75) is 25.4 Å². The fraction of sp³-hybridized carbons (Fsp3) is 0.364. The number of likely N-dealkylation sites (tertiary alicyclic amines) is 1. The summed E-state index contributed by atoms with van der Waals surface area (Å²) in [6.45, 7) is 2.67. The average molecular weight is 397 g/mol. The summed E-state index contributed by atoms with van der Waals surface area (Å²) in [6, 6.07) is 15.3. The van der Waals surface area contributed by atoms with Gasteiger partial charge in [0.25, 0.3) is 0 Å². The number of carbonyl (C=O) groups excluding carboxylic acids is 2. The second kappa shape index (κ2) is 9.93. The van der Waals surface area contributed by atoms with E-state index in [1.165, 1.54) is 12.7 Å². The van der Waals surface area contributed by atoms with Crippen LogP contribution in [0.25, 0.3) is 0 Å². The lowest BCUT2D eigenvalue weighted by atomic mass is 10.0. The molecular formula is C22H27N3O4. The predicted molar refractivity (Wildman–Crippen MR) is 111 cm³/mol. The van der Waals surface area contributed by atoms with Crippen molar-refractivity contribution in [2.75, 3.05) is 32.6 Å². The summed E-state index contributed by atoms with van der Waals surface area (Å²) < 4.78 is 10.4. The fourth-order valence-electron chi connectivity index (χ4n) is 3.41. The molecule has 1 aliphatic rings. The Kier molecular flexibility index (Phi) is 7.08. The second-order valence-electron chi connectivity index (χ2n) is 7.03. The van der Waals surface area contributed by atoms with Crippen molar-refractivity contribution in [3.05, 3.63) is 54.1 Å². The highest BCUT2D eigenvalue weighted by Gasteiger charge is 2.24. The Morgan fingerprint density at radius 2 is 1.72 bits per heavy atom. The van der Waals surface area contributed by atoms with Crippen LogP contribution in [0.2, 0.25) is 0 Å². The minimum Gasteiger partial charge on any atom is -0.497 e. The third-order valence-corrected chi connectivity index (χ3v) is 5.03. The number of carbonyl (C=O) groups is 2. The summed E-state index contributed by atoms with van der Waals surface area (Å²) in [6.07, 6.45) is 1.63. The third-order valence-electron chi connectivity index (χ3n) is 5.03. The Morgan fingerprint density at radius 1 is 1.00 bits per heavy atom. The molecule has 0 aliphatic carbocycles. The molecule has 0 radical (unpaired) electrons. The van der Waals surface area contributed by atoms with Gasteiger partial charge in [-0.1, -0.05) is 30.3 Å². The number of hydrogen-bond acceptors (Lipinski definition) is 5. The van der Waals surface area contributed by atoms with Crippen molar-refractivity contribution in [3.63, 3.8) is 0 Å². The van der Waals surface area contributed by atoms with E-state index in [1.54, 1.807) is 25.3 Å². The lowest BCUT2D eigenvalue weighted by molar-refractivity contribution is -0.136. The summed E-state index contributed by atoms with van der Waals surface area (Å²) in [5.41, 5.74) is 1.70. The van der Waals surface area contributed by atoms with Crippen LogP contribution < -0.4 is 20.1 Å². The molecule has 1 aliphatic heterocycles. The van der Waals surface area contributed by atoms with E-state index in [1.807, 2.05) is 18.2 Å². The standard InChI is InChI=1S/C22H27N3O4/c1-28-18-8-9-19(20(14-18)29-2)24-22(27)21(26)23-17-10-12-25(13-11-17)15-16-6-4-3-5-7-16/h3-9,14,17H,10-13,15H2,1-2H3,(H,23,26)(H,24,27). The van der Waals surface area contributed by atoms with E-state index in [-0.39, 0.29) is 6.04 Å². The third kappa shape index (κ3) is 5.71. The van der Waals surface area contributed by atoms with Crippen molar-refractivity contribution >= 4 is 17.5 Å². The molecule has 1 fully saturated rings. The molecule has 2 aromatic carbocycles. The number of rotatable bonds is 6. The largest absolute Gasteiger partial charge is 0.497 e. The number of amides is 2. The molecule has 0 saturated carbocycles. The van der Waals surface area contributed by atoms with Gasteiger partial charge in [0.1, 0.15) is 11.5 Å². The topological polar surface area (TPSA) is 79.9 Å². The molecule has 2 amide bonds. The Morgan fingerprint density at radius 3 is 2.38 bits per heavy atom. The van der Waals surface area contributed by atoms with Gasteiger partial charge in [-0.05, 0) is 30.5 Å². The number of benzene rings is 2. The smallest absolute Gasteiger partial charge is 0.313 e. The van der Waals surface area contributed by atoms with Gasteiger partial charge in [-0.2, -0.15) is 0 Å². The Hall–Kier alpha value is -3.06. The van der Waals surface area contributed by atoms with Gasteiger partial charge in [-0.15, -0.1) is 0 Å². The van der Waals surface area contributed by atoms with Crippen LogP contribution in [0.3, 0.4) is 0 Å². The van der Waals surface area contributed by atoms with Crippen LogP contribution in [0.4, 0.5) is 5.69 Å². The first kappa shape index (κ1) is 20.7. The quantitative estimate of drug-likeness (QED) is 0.732. The highest BCUT2D eigenvalue weighted by Crippen LogP contribution is 2.28. The van der Waals surface area contributed by atoms with E-state index in [9.17, 15) is 9.59 Å². The van der Waals surface area contributed by atoms with Gasteiger partial charge >= 0.3 is 11.8 Å².